The number of rotatable bonds is 15. The van der Waals surface area contributed by atoms with E-state index in [1.54, 1.807) is 14.2 Å². The molecule has 1 rings (SSSR count). The van der Waals surface area contributed by atoms with Gasteiger partial charge in [0, 0.05) is 38.0 Å². The van der Waals surface area contributed by atoms with Gasteiger partial charge in [-0.1, -0.05) is 19.9 Å². The predicted molar refractivity (Wildman–Crippen MR) is 133 cm³/mol. The lowest BCUT2D eigenvalue weighted by Gasteiger charge is -2.29. The molecule has 192 valence electrons. The van der Waals surface area contributed by atoms with Crippen LogP contribution in [0.1, 0.15) is 46.1 Å². The summed E-state index contributed by atoms with van der Waals surface area (Å²) in [4.78, 5) is 12.3. The molecule has 0 fully saturated rings. The Morgan fingerprint density at radius 1 is 1.26 bits per heavy atom. The maximum atomic E-state index is 12.3. The van der Waals surface area contributed by atoms with E-state index in [1.165, 1.54) is 13.8 Å². The molecule has 9 heteroatoms. The lowest BCUT2D eigenvalue weighted by atomic mass is 9.83. The fourth-order valence-corrected chi connectivity index (χ4v) is 3.83. The fraction of sp³-hybridized carbons (Fsp3) is 0.680. The van der Waals surface area contributed by atoms with Crippen LogP contribution < -0.4 is 15.2 Å². The molecule has 34 heavy (non-hydrogen) atoms. The van der Waals surface area contributed by atoms with Gasteiger partial charge in [-0.2, -0.15) is 5.26 Å². The van der Waals surface area contributed by atoms with E-state index < -0.39 is 23.5 Å². The Kier molecular flexibility index (Phi) is 12.7. The standard InChI is InChI=1S/C25H40ClN3O5/c1-17(2)19(14-20(28)21(30)15-29(26)24(31)25(3,4)16-27)12-18-8-9-22(33-6)23(13-18)34-11-7-10-32-5/h8-9,13,17,19-21,30H,7,10-12,14-15,28H2,1-6H3/t19-,20-,21-/m0/s1. The first-order valence-electron chi connectivity index (χ1n) is 11.6. The molecule has 0 heterocycles. The van der Waals surface area contributed by atoms with Crippen LogP contribution in [0.25, 0.3) is 0 Å². The summed E-state index contributed by atoms with van der Waals surface area (Å²) in [5.74, 6) is 1.26. The molecular formula is C25H40ClN3O5. The van der Waals surface area contributed by atoms with Crippen molar-refractivity contribution in [2.45, 2.75) is 59.1 Å². The minimum absolute atomic E-state index is 0.153. The Hall–Kier alpha value is -2.05. The Balaban J connectivity index is 2.83. The molecule has 1 aromatic rings. The molecule has 3 atom stereocenters. The Bertz CT molecular complexity index is 812. The molecule has 0 saturated heterocycles. The van der Waals surface area contributed by atoms with Gasteiger partial charge in [-0.15, -0.1) is 0 Å². The summed E-state index contributed by atoms with van der Waals surface area (Å²) in [5.41, 5.74) is 6.10. The third-order valence-corrected chi connectivity index (χ3v) is 6.16. The van der Waals surface area contributed by atoms with Crippen LogP contribution in [0.3, 0.4) is 0 Å². The molecule has 0 radical (unpaired) electrons. The number of carbonyl (C=O) groups excluding carboxylic acids is 1. The molecule has 8 nitrogen and oxygen atoms in total. The van der Waals surface area contributed by atoms with E-state index in [-0.39, 0.29) is 12.5 Å². The predicted octanol–water partition coefficient (Wildman–Crippen LogP) is 3.54. The number of hydrogen-bond donors (Lipinski definition) is 2. The van der Waals surface area contributed by atoms with Gasteiger partial charge in [-0.3, -0.25) is 9.21 Å². The van der Waals surface area contributed by atoms with Crippen molar-refractivity contribution in [1.29, 1.82) is 5.26 Å². The topological polar surface area (TPSA) is 118 Å². The van der Waals surface area contributed by atoms with Crippen molar-refractivity contribution in [2.24, 2.45) is 23.0 Å². The van der Waals surface area contributed by atoms with Crippen molar-refractivity contribution < 1.29 is 24.1 Å². The van der Waals surface area contributed by atoms with Crippen LogP contribution in [0, 0.1) is 28.6 Å². The zero-order valence-corrected chi connectivity index (χ0v) is 22.0. The number of methoxy groups -OCH3 is 2. The van der Waals surface area contributed by atoms with E-state index in [2.05, 4.69) is 13.8 Å². The van der Waals surface area contributed by atoms with Gasteiger partial charge in [-0.05, 0) is 56.2 Å². The molecule has 1 aromatic carbocycles. The number of aliphatic hydroxyl groups excluding tert-OH is 1. The molecule has 0 unspecified atom stereocenters. The highest BCUT2D eigenvalue weighted by Gasteiger charge is 2.34. The largest absolute Gasteiger partial charge is 0.493 e. The van der Waals surface area contributed by atoms with Crippen LogP contribution in [-0.2, 0) is 16.0 Å². The number of hydrogen-bond acceptors (Lipinski definition) is 7. The second-order valence-corrected chi connectivity index (χ2v) is 9.85. The van der Waals surface area contributed by atoms with Gasteiger partial charge in [0.05, 0.1) is 32.4 Å². The number of nitrogens with zero attached hydrogens (tertiary/aromatic N) is 2. The molecular weight excluding hydrogens is 458 g/mol. The minimum Gasteiger partial charge on any atom is -0.493 e. The zero-order chi connectivity index (χ0) is 25.9. The normalized spacial score (nSPS) is 14.3. The zero-order valence-electron chi connectivity index (χ0n) is 21.2. The number of nitriles is 1. The lowest BCUT2D eigenvalue weighted by Crippen LogP contribution is -2.46. The average molecular weight is 498 g/mol. The van der Waals surface area contributed by atoms with Gasteiger partial charge in [0.1, 0.15) is 5.41 Å². The van der Waals surface area contributed by atoms with E-state index in [1.807, 2.05) is 24.3 Å². The van der Waals surface area contributed by atoms with Gasteiger partial charge in [0.2, 0.25) is 0 Å². The summed E-state index contributed by atoms with van der Waals surface area (Å²) in [7, 11) is 3.27. The van der Waals surface area contributed by atoms with Crippen LogP contribution >= 0.6 is 11.8 Å². The molecule has 1 amide bonds. The average Bonchev–Trinajstić information content (AvgIpc) is 2.80. The third kappa shape index (κ3) is 9.30. The summed E-state index contributed by atoms with van der Waals surface area (Å²) in [6, 6.07) is 7.20. The summed E-state index contributed by atoms with van der Waals surface area (Å²) in [6.07, 6.45) is 1.03. The first kappa shape index (κ1) is 30.0. The van der Waals surface area contributed by atoms with Crippen LogP contribution in [0.2, 0.25) is 0 Å². The van der Waals surface area contributed by atoms with Gasteiger partial charge < -0.3 is 25.1 Å². The summed E-state index contributed by atoms with van der Waals surface area (Å²) >= 11 is 6.05. The van der Waals surface area contributed by atoms with E-state index in [9.17, 15) is 9.90 Å². The lowest BCUT2D eigenvalue weighted by molar-refractivity contribution is -0.133. The molecule has 0 aromatic heterocycles. The number of amides is 1. The van der Waals surface area contributed by atoms with Gasteiger partial charge >= 0.3 is 0 Å². The van der Waals surface area contributed by atoms with Crippen LogP contribution in [0.5, 0.6) is 11.5 Å². The highest BCUT2D eigenvalue weighted by molar-refractivity contribution is 6.22. The molecule has 0 saturated carbocycles. The third-order valence-electron chi connectivity index (χ3n) is 5.87. The highest BCUT2D eigenvalue weighted by Crippen LogP contribution is 2.31. The van der Waals surface area contributed by atoms with Crippen molar-refractivity contribution in [3.63, 3.8) is 0 Å². The quantitative estimate of drug-likeness (QED) is 0.281. The molecule has 0 bridgehead atoms. The van der Waals surface area contributed by atoms with E-state index in [0.29, 0.717) is 37.1 Å². The second-order valence-electron chi connectivity index (χ2n) is 9.44. The van der Waals surface area contributed by atoms with Gasteiger partial charge in [0.15, 0.2) is 11.5 Å². The first-order valence-corrected chi connectivity index (χ1v) is 11.9. The minimum atomic E-state index is -1.27. The number of ether oxygens (including phenoxy) is 3. The SMILES string of the molecule is COCCCOc1cc(C[C@@H](C[C@H](N)[C@@H](O)CN(Cl)C(=O)C(C)(C)C#N)C(C)C)ccc1OC. The number of nitrogens with two attached hydrogens (primary N) is 1. The summed E-state index contributed by atoms with van der Waals surface area (Å²) in [5, 5.41) is 19.7. The first-order chi connectivity index (χ1) is 16.0. The summed E-state index contributed by atoms with van der Waals surface area (Å²) < 4.78 is 17.2. The second kappa shape index (κ2) is 14.4. The number of carbonyl (C=O) groups is 1. The fourth-order valence-electron chi connectivity index (χ4n) is 3.48. The number of aliphatic hydroxyl groups is 1. The summed E-state index contributed by atoms with van der Waals surface area (Å²) in [6.45, 7) is 8.18. The Morgan fingerprint density at radius 3 is 2.50 bits per heavy atom. The Morgan fingerprint density at radius 2 is 1.94 bits per heavy atom. The van der Waals surface area contributed by atoms with Crippen molar-refractivity contribution in [1.82, 2.24) is 4.42 Å². The maximum Gasteiger partial charge on any atom is 0.256 e. The van der Waals surface area contributed by atoms with Crippen LogP contribution in [0.4, 0.5) is 0 Å². The van der Waals surface area contributed by atoms with Gasteiger partial charge in [-0.25, -0.2) is 0 Å². The van der Waals surface area contributed by atoms with Crippen molar-refractivity contribution in [3.8, 4) is 17.6 Å². The molecule has 0 spiro atoms. The molecule has 3 N–H and O–H groups in total. The van der Waals surface area contributed by atoms with Gasteiger partial charge in [0.25, 0.3) is 5.91 Å². The van der Waals surface area contributed by atoms with E-state index >= 15 is 0 Å². The molecule has 0 aliphatic heterocycles. The maximum absolute atomic E-state index is 12.3. The van der Waals surface area contributed by atoms with Crippen molar-refractivity contribution in [2.75, 3.05) is 34.0 Å². The smallest absolute Gasteiger partial charge is 0.256 e. The highest BCUT2D eigenvalue weighted by atomic mass is 35.5. The van der Waals surface area contributed by atoms with Crippen LogP contribution in [0.15, 0.2) is 18.2 Å². The van der Waals surface area contributed by atoms with Crippen molar-refractivity contribution >= 4 is 17.7 Å². The molecule has 0 aliphatic rings. The number of benzene rings is 1. The number of halogens is 1. The van der Waals surface area contributed by atoms with Crippen LogP contribution in [-0.4, -0.2) is 61.6 Å². The van der Waals surface area contributed by atoms with Crippen molar-refractivity contribution in [3.05, 3.63) is 23.8 Å². The Labute approximate surface area is 209 Å². The van der Waals surface area contributed by atoms with E-state index in [0.717, 1.165) is 22.8 Å². The monoisotopic (exact) mass is 497 g/mol. The molecule has 0 aliphatic carbocycles. The van der Waals surface area contributed by atoms with E-state index in [4.69, 9.17) is 37.0 Å².